The Kier molecular flexibility index (Phi) is 4.47. The molecule has 2 rings (SSSR count). The molecule has 1 fully saturated rings. The number of carbonyl (C=O) groups excluding carboxylic acids is 1. The van der Waals surface area contributed by atoms with Gasteiger partial charge in [0.25, 0.3) is 0 Å². The first kappa shape index (κ1) is 14.3. The second-order valence-corrected chi connectivity index (χ2v) is 6.04. The second-order valence-electron chi connectivity index (χ2n) is 5.19. The monoisotopic (exact) mass is 325 g/mol. The summed E-state index contributed by atoms with van der Waals surface area (Å²) >= 11 is 3.59. The van der Waals surface area contributed by atoms with Crippen molar-refractivity contribution in [2.45, 2.75) is 25.8 Å². The van der Waals surface area contributed by atoms with Gasteiger partial charge in [-0.05, 0) is 53.4 Å². The molecule has 2 atom stereocenters. The fourth-order valence-electron chi connectivity index (χ4n) is 2.49. The minimum atomic E-state index is -0.201. The molecule has 0 aliphatic carbocycles. The van der Waals surface area contributed by atoms with E-state index in [0.717, 1.165) is 35.1 Å². The topological polar surface area (TPSA) is 72.3 Å². The van der Waals surface area contributed by atoms with Crippen LogP contribution in [-0.4, -0.2) is 19.0 Å². The largest absolute Gasteiger partial charge is 0.370 e. The van der Waals surface area contributed by atoms with Gasteiger partial charge in [0.15, 0.2) is 0 Å². The fourth-order valence-corrected chi connectivity index (χ4v) is 3.14. The minimum Gasteiger partial charge on any atom is -0.370 e. The molecule has 5 heteroatoms. The quantitative estimate of drug-likeness (QED) is 0.894. The Balaban J connectivity index is 2.19. The predicted molar refractivity (Wildman–Crippen MR) is 80.9 cm³/mol. The van der Waals surface area contributed by atoms with Crippen molar-refractivity contribution in [3.8, 4) is 0 Å². The number of anilines is 1. The van der Waals surface area contributed by atoms with E-state index in [1.54, 1.807) is 0 Å². The van der Waals surface area contributed by atoms with Gasteiger partial charge < -0.3 is 16.4 Å². The summed E-state index contributed by atoms with van der Waals surface area (Å²) in [5.74, 6) is -0.248. The number of piperidine rings is 1. The van der Waals surface area contributed by atoms with Crippen molar-refractivity contribution < 1.29 is 4.79 Å². The van der Waals surface area contributed by atoms with Crippen LogP contribution in [0.5, 0.6) is 0 Å². The maximum absolute atomic E-state index is 11.3. The number of halogens is 1. The van der Waals surface area contributed by atoms with Gasteiger partial charge in [0.2, 0.25) is 5.91 Å². The molecule has 1 heterocycles. The molecule has 19 heavy (non-hydrogen) atoms. The van der Waals surface area contributed by atoms with Gasteiger partial charge in [0.05, 0.1) is 11.6 Å². The lowest BCUT2D eigenvalue weighted by molar-refractivity contribution is -0.122. The summed E-state index contributed by atoms with van der Waals surface area (Å²) in [6.45, 7) is 3.62. The number of hydrogen-bond acceptors (Lipinski definition) is 3. The zero-order valence-electron chi connectivity index (χ0n) is 11.1. The van der Waals surface area contributed by atoms with Gasteiger partial charge in [0.1, 0.15) is 0 Å². The minimum absolute atomic E-state index is 0.0186. The Morgan fingerprint density at radius 2 is 2.26 bits per heavy atom. The molecule has 104 valence electrons. The SMILES string of the molecule is C[C@@H](N)c1ccc(N2CCCC(C(N)=O)C2)c(Br)c1. The van der Waals surface area contributed by atoms with E-state index < -0.39 is 0 Å². The molecule has 0 spiro atoms. The fraction of sp³-hybridized carbons (Fsp3) is 0.500. The number of primary amides is 1. The van der Waals surface area contributed by atoms with Gasteiger partial charge in [-0.2, -0.15) is 0 Å². The van der Waals surface area contributed by atoms with Crippen LogP contribution in [0.4, 0.5) is 5.69 Å². The number of nitrogens with two attached hydrogens (primary N) is 2. The van der Waals surface area contributed by atoms with E-state index in [9.17, 15) is 4.79 Å². The molecule has 0 saturated carbocycles. The molecule has 4 N–H and O–H groups in total. The average molecular weight is 326 g/mol. The lowest BCUT2D eigenvalue weighted by atomic mass is 9.97. The Bertz CT molecular complexity index is 476. The number of hydrogen-bond donors (Lipinski definition) is 2. The summed E-state index contributed by atoms with van der Waals surface area (Å²) in [6.07, 6.45) is 1.89. The first-order chi connectivity index (χ1) is 8.99. The van der Waals surface area contributed by atoms with E-state index in [1.807, 2.05) is 19.1 Å². The van der Waals surface area contributed by atoms with Gasteiger partial charge >= 0.3 is 0 Å². The summed E-state index contributed by atoms with van der Waals surface area (Å²) < 4.78 is 1.02. The lowest BCUT2D eigenvalue weighted by Gasteiger charge is -2.33. The Labute approximate surface area is 122 Å². The third-order valence-corrected chi connectivity index (χ3v) is 4.30. The van der Waals surface area contributed by atoms with E-state index in [2.05, 4.69) is 26.9 Å². The van der Waals surface area contributed by atoms with Crippen LogP contribution in [0.1, 0.15) is 31.4 Å². The molecule has 1 aromatic rings. The highest BCUT2D eigenvalue weighted by molar-refractivity contribution is 9.10. The van der Waals surface area contributed by atoms with Crippen molar-refractivity contribution >= 4 is 27.5 Å². The van der Waals surface area contributed by atoms with Gasteiger partial charge in [-0.15, -0.1) is 0 Å². The summed E-state index contributed by atoms with van der Waals surface area (Å²) in [6, 6.07) is 6.17. The first-order valence-electron chi connectivity index (χ1n) is 6.58. The standard InChI is InChI=1S/C14H20BrN3O/c1-9(16)10-4-5-13(12(15)7-10)18-6-2-3-11(8-18)14(17)19/h4-5,7,9,11H,2-3,6,8,16H2,1H3,(H2,17,19)/t9-,11?/m1/s1. The summed E-state index contributed by atoms with van der Waals surface area (Å²) in [4.78, 5) is 13.5. The molecule has 1 saturated heterocycles. The predicted octanol–water partition coefficient (Wildman–Crippen LogP) is 2.17. The zero-order chi connectivity index (χ0) is 14.0. The van der Waals surface area contributed by atoms with E-state index >= 15 is 0 Å². The van der Waals surface area contributed by atoms with E-state index in [4.69, 9.17) is 11.5 Å². The second kappa shape index (κ2) is 5.92. The molecule has 0 aromatic heterocycles. The normalized spacial score (nSPS) is 21.2. The summed E-state index contributed by atoms with van der Waals surface area (Å²) in [5, 5.41) is 0. The number of rotatable bonds is 3. The van der Waals surface area contributed by atoms with E-state index in [1.165, 1.54) is 0 Å². The molecule has 1 aromatic carbocycles. The van der Waals surface area contributed by atoms with Crippen molar-refractivity contribution in [3.63, 3.8) is 0 Å². The lowest BCUT2D eigenvalue weighted by Crippen LogP contribution is -2.41. The molecule has 4 nitrogen and oxygen atoms in total. The maximum atomic E-state index is 11.3. The zero-order valence-corrected chi connectivity index (χ0v) is 12.7. The summed E-state index contributed by atoms with van der Waals surface area (Å²) in [7, 11) is 0. The molecular weight excluding hydrogens is 306 g/mol. The molecule has 1 aliphatic heterocycles. The third kappa shape index (κ3) is 3.28. The third-order valence-electron chi connectivity index (χ3n) is 3.66. The van der Waals surface area contributed by atoms with Gasteiger partial charge in [0, 0.05) is 23.6 Å². The van der Waals surface area contributed by atoms with Gasteiger partial charge in [-0.25, -0.2) is 0 Å². The molecule has 0 bridgehead atoms. The molecule has 1 amide bonds. The van der Waals surface area contributed by atoms with Crippen LogP contribution in [0.2, 0.25) is 0 Å². The average Bonchev–Trinajstić information content (AvgIpc) is 2.38. The van der Waals surface area contributed by atoms with E-state index in [0.29, 0.717) is 6.54 Å². The van der Waals surface area contributed by atoms with Crippen molar-refractivity contribution in [2.24, 2.45) is 17.4 Å². The number of carbonyl (C=O) groups is 1. The van der Waals surface area contributed by atoms with Crippen molar-refractivity contribution in [2.75, 3.05) is 18.0 Å². The first-order valence-corrected chi connectivity index (χ1v) is 7.37. The van der Waals surface area contributed by atoms with Gasteiger partial charge in [-0.3, -0.25) is 4.79 Å². The highest BCUT2D eigenvalue weighted by Crippen LogP contribution is 2.31. The van der Waals surface area contributed by atoms with Crippen LogP contribution in [0.3, 0.4) is 0 Å². The van der Waals surface area contributed by atoms with Crippen molar-refractivity contribution in [3.05, 3.63) is 28.2 Å². The molecule has 1 aliphatic rings. The van der Waals surface area contributed by atoms with Crippen LogP contribution in [-0.2, 0) is 4.79 Å². The summed E-state index contributed by atoms with van der Waals surface area (Å²) in [5.41, 5.74) is 13.5. The highest BCUT2D eigenvalue weighted by atomic mass is 79.9. The number of benzene rings is 1. The van der Waals surface area contributed by atoms with Crippen LogP contribution in [0.15, 0.2) is 22.7 Å². The Hall–Kier alpha value is -1.07. The smallest absolute Gasteiger partial charge is 0.222 e. The maximum Gasteiger partial charge on any atom is 0.222 e. The van der Waals surface area contributed by atoms with Crippen LogP contribution in [0.25, 0.3) is 0 Å². The molecule has 1 unspecified atom stereocenters. The van der Waals surface area contributed by atoms with Crippen LogP contribution < -0.4 is 16.4 Å². The Morgan fingerprint density at radius 1 is 1.53 bits per heavy atom. The Morgan fingerprint density at radius 3 is 2.84 bits per heavy atom. The van der Waals surface area contributed by atoms with Crippen LogP contribution >= 0.6 is 15.9 Å². The van der Waals surface area contributed by atoms with Gasteiger partial charge in [-0.1, -0.05) is 6.07 Å². The van der Waals surface area contributed by atoms with E-state index in [-0.39, 0.29) is 17.9 Å². The number of nitrogens with zero attached hydrogens (tertiary/aromatic N) is 1. The molecular formula is C14H20BrN3O. The van der Waals surface area contributed by atoms with Crippen molar-refractivity contribution in [1.29, 1.82) is 0 Å². The number of amides is 1. The highest BCUT2D eigenvalue weighted by Gasteiger charge is 2.25. The van der Waals surface area contributed by atoms with Crippen molar-refractivity contribution in [1.82, 2.24) is 0 Å². The molecule has 0 radical (unpaired) electrons. The van der Waals surface area contributed by atoms with Crippen LogP contribution in [0, 0.1) is 5.92 Å².